The van der Waals surface area contributed by atoms with Crippen LogP contribution in [0.15, 0.2) is 18.2 Å². The van der Waals surface area contributed by atoms with Crippen LogP contribution >= 0.6 is 0 Å². The molecule has 8 nitrogen and oxygen atoms in total. The number of hydrogen-bond acceptors (Lipinski definition) is 5. The summed E-state index contributed by atoms with van der Waals surface area (Å²) in [7, 11) is 0. The summed E-state index contributed by atoms with van der Waals surface area (Å²) in [6.45, 7) is 1.49. The first-order valence-corrected chi connectivity index (χ1v) is 9.52. The van der Waals surface area contributed by atoms with E-state index >= 15 is 0 Å². The summed E-state index contributed by atoms with van der Waals surface area (Å²) in [4.78, 5) is 63.5. The number of urea groups is 1. The standard InChI is InChI=1S/C20H21N3O5/c1-11-4-2-3-5-15(11)23-19(27)18(26)22(20(23)28)10-16(24)12-6-7-14-13(8-12)9-17(25)21-14/h6-8,11,15H,2-5,9-10H2,1H3,(H,21,25)/t11-,15+/m0/s1. The van der Waals surface area contributed by atoms with Crippen molar-refractivity contribution in [1.82, 2.24) is 9.80 Å². The van der Waals surface area contributed by atoms with Crippen molar-refractivity contribution in [3.8, 4) is 0 Å². The molecule has 1 aliphatic carbocycles. The van der Waals surface area contributed by atoms with Crippen LogP contribution in [0.25, 0.3) is 0 Å². The molecule has 1 saturated heterocycles. The first-order chi connectivity index (χ1) is 13.4. The third-order valence-electron chi connectivity index (χ3n) is 5.84. The van der Waals surface area contributed by atoms with Crippen LogP contribution in [-0.4, -0.2) is 51.9 Å². The van der Waals surface area contributed by atoms with E-state index in [1.165, 1.54) is 0 Å². The van der Waals surface area contributed by atoms with Crippen molar-refractivity contribution in [2.24, 2.45) is 5.92 Å². The molecular formula is C20H21N3O5. The Bertz CT molecular complexity index is 909. The number of rotatable bonds is 4. The summed E-state index contributed by atoms with van der Waals surface area (Å²) in [5, 5.41) is 2.68. The lowest BCUT2D eigenvalue weighted by molar-refractivity contribution is -0.144. The Morgan fingerprint density at radius 3 is 2.61 bits per heavy atom. The molecule has 2 fully saturated rings. The van der Waals surface area contributed by atoms with Crippen LogP contribution in [-0.2, 0) is 20.8 Å². The maximum atomic E-state index is 12.8. The van der Waals surface area contributed by atoms with Gasteiger partial charge < -0.3 is 5.32 Å². The fourth-order valence-electron chi connectivity index (χ4n) is 4.27. The SMILES string of the molecule is C[C@H]1CCCC[C@H]1N1C(=O)C(=O)N(CC(=O)c2ccc3c(c2)CC(=O)N3)C1=O. The molecule has 2 aliphatic heterocycles. The number of Topliss-reactive ketones (excluding diaryl/α,β-unsaturated/α-hetero) is 1. The molecule has 2 heterocycles. The van der Waals surface area contributed by atoms with E-state index in [-0.39, 0.29) is 24.3 Å². The van der Waals surface area contributed by atoms with Gasteiger partial charge in [-0.15, -0.1) is 0 Å². The van der Waals surface area contributed by atoms with E-state index in [2.05, 4.69) is 5.32 Å². The first kappa shape index (κ1) is 18.3. The van der Waals surface area contributed by atoms with Gasteiger partial charge >= 0.3 is 17.8 Å². The number of ketones is 1. The second-order valence-electron chi connectivity index (χ2n) is 7.70. The normalized spacial score (nSPS) is 24.6. The number of hydrogen-bond donors (Lipinski definition) is 1. The molecule has 28 heavy (non-hydrogen) atoms. The molecular weight excluding hydrogens is 362 g/mol. The van der Waals surface area contributed by atoms with Crippen molar-refractivity contribution in [2.45, 2.75) is 45.1 Å². The lowest BCUT2D eigenvalue weighted by Crippen LogP contribution is -2.46. The second kappa shape index (κ2) is 6.85. The zero-order valence-corrected chi connectivity index (χ0v) is 15.6. The molecule has 0 radical (unpaired) electrons. The molecule has 8 heteroatoms. The maximum Gasteiger partial charge on any atom is 0.334 e. The molecule has 5 amide bonds. The number of carbonyl (C=O) groups is 5. The monoisotopic (exact) mass is 383 g/mol. The van der Waals surface area contributed by atoms with E-state index in [1.807, 2.05) is 6.92 Å². The number of imide groups is 2. The molecule has 4 rings (SSSR count). The minimum Gasteiger partial charge on any atom is -0.326 e. The van der Waals surface area contributed by atoms with Gasteiger partial charge in [-0.3, -0.25) is 24.1 Å². The molecule has 0 aromatic heterocycles. The van der Waals surface area contributed by atoms with Crippen molar-refractivity contribution in [2.75, 3.05) is 11.9 Å². The van der Waals surface area contributed by atoms with Crippen LogP contribution in [0, 0.1) is 5.92 Å². The molecule has 1 aromatic rings. The lowest BCUT2D eigenvalue weighted by atomic mass is 9.85. The average molecular weight is 383 g/mol. The summed E-state index contributed by atoms with van der Waals surface area (Å²) >= 11 is 0. The number of anilines is 1. The molecule has 3 aliphatic rings. The predicted octanol–water partition coefficient (Wildman–Crippen LogP) is 1.73. The molecule has 1 aromatic carbocycles. The van der Waals surface area contributed by atoms with Crippen molar-refractivity contribution in [3.63, 3.8) is 0 Å². The summed E-state index contributed by atoms with van der Waals surface area (Å²) in [6.07, 6.45) is 3.71. The van der Waals surface area contributed by atoms with Crippen molar-refractivity contribution in [1.29, 1.82) is 0 Å². The minimum absolute atomic E-state index is 0.131. The Morgan fingerprint density at radius 2 is 1.86 bits per heavy atom. The van der Waals surface area contributed by atoms with E-state index in [0.717, 1.165) is 29.1 Å². The Morgan fingerprint density at radius 1 is 1.11 bits per heavy atom. The number of benzene rings is 1. The topological polar surface area (TPSA) is 104 Å². The Labute approximate surface area is 161 Å². The van der Waals surface area contributed by atoms with Gasteiger partial charge in [0.2, 0.25) is 5.91 Å². The van der Waals surface area contributed by atoms with Crippen molar-refractivity contribution >= 4 is 35.2 Å². The Kier molecular flexibility index (Phi) is 4.49. The van der Waals surface area contributed by atoms with Gasteiger partial charge in [0, 0.05) is 17.3 Å². The zero-order chi connectivity index (χ0) is 20.0. The smallest absolute Gasteiger partial charge is 0.326 e. The molecule has 146 valence electrons. The highest BCUT2D eigenvalue weighted by atomic mass is 16.2. The van der Waals surface area contributed by atoms with Gasteiger partial charge in [-0.25, -0.2) is 9.69 Å². The van der Waals surface area contributed by atoms with Crippen LogP contribution in [0.3, 0.4) is 0 Å². The van der Waals surface area contributed by atoms with E-state index in [1.54, 1.807) is 18.2 Å². The van der Waals surface area contributed by atoms with Gasteiger partial charge in [-0.1, -0.05) is 19.8 Å². The highest BCUT2D eigenvalue weighted by Crippen LogP contribution is 2.31. The summed E-state index contributed by atoms with van der Waals surface area (Å²) in [5.74, 6) is -2.26. The number of carbonyl (C=O) groups excluding carboxylic acids is 5. The fraction of sp³-hybridized carbons (Fsp3) is 0.450. The third kappa shape index (κ3) is 2.98. The largest absolute Gasteiger partial charge is 0.334 e. The molecule has 1 saturated carbocycles. The van der Waals surface area contributed by atoms with Gasteiger partial charge in [-0.2, -0.15) is 0 Å². The van der Waals surface area contributed by atoms with E-state index in [4.69, 9.17) is 0 Å². The quantitative estimate of drug-likeness (QED) is 0.484. The maximum absolute atomic E-state index is 12.8. The highest BCUT2D eigenvalue weighted by Gasteiger charge is 2.49. The number of nitrogens with zero attached hydrogens (tertiary/aromatic N) is 2. The van der Waals surface area contributed by atoms with Gasteiger partial charge in [0.25, 0.3) is 0 Å². The van der Waals surface area contributed by atoms with Gasteiger partial charge in [-0.05, 0) is 42.5 Å². The van der Waals surface area contributed by atoms with Crippen LogP contribution in [0.5, 0.6) is 0 Å². The number of nitrogens with one attached hydrogen (secondary N) is 1. The van der Waals surface area contributed by atoms with Crippen molar-refractivity contribution < 1.29 is 24.0 Å². The first-order valence-electron chi connectivity index (χ1n) is 9.52. The van der Waals surface area contributed by atoms with Gasteiger partial charge in [0.1, 0.15) is 0 Å². The predicted molar refractivity (Wildman–Crippen MR) is 98.5 cm³/mol. The lowest BCUT2D eigenvalue weighted by Gasteiger charge is -2.34. The summed E-state index contributed by atoms with van der Waals surface area (Å²) in [6, 6.07) is 3.75. The average Bonchev–Trinajstić information content (AvgIpc) is 3.14. The fourth-order valence-corrected chi connectivity index (χ4v) is 4.27. The van der Waals surface area contributed by atoms with E-state index in [0.29, 0.717) is 23.2 Å². The Hall–Kier alpha value is -3.03. The minimum atomic E-state index is -0.950. The van der Waals surface area contributed by atoms with E-state index in [9.17, 15) is 24.0 Å². The number of fused-ring (bicyclic) bond motifs is 1. The van der Waals surface area contributed by atoms with Crippen molar-refractivity contribution in [3.05, 3.63) is 29.3 Å². The Balaban J connectivity index is 1.52. The van der Waals surface area contributed by atoms with Gasteiger partial charge in [0.15, 0.2) is 5.78 Å². The second-order valence-corrected chi connectivity index (χ2v) is 7.70. The third-order valence-corrected chi connectivity index (χ3v) is 5.84. The van der Waals surface area contributed by atoms with Crippen LogP contribution in [0.1, 0.15) is 48.5 Å². The molecule has 1 N–H and O–H groups in total. The molecule has 0 spiro atoms. The molecule has 0 bridgehead atoms. The van der Waals surface area contributed by atoms with Crippen LogP contribution < -0.4 is 5.32 Å². The highest BCUT2D eigenvalue weighted by molar-refractivity contribution is 6.45. The zero-order valence-electron chi connectivity index (χ0n) is 15.6. The molecule has 0 unspecified atom stereocenters. The van der Waals surface area contributed by atoms with Gasteiger partial charge in [0.05, 0.1) is 13.0 Å². The van der Waals surface area contributed by atoms with Crippen LogP contribution in [0.2, 0.25) is 0 Å². The van der Waals surface area contributed by atoms with Crippen LogP contribution in [0.4, 0.5) is 10.5 Å². The summed E-state index contributed by atoms with van der Waals surface area (Å²) in [5.41, 5.74) is 1.65. The van der Waals surface area contributed by atoms with E-state index < -0.39 is 30.2 Å². The number of amides is 5. The molecule has 2 atom stereocenters. The summed E-state index contributed by atoms with van der Waals surface area (Å²) < 4.78 is 0.